The van der Waals surface area contributed by atoms with E-state index in [9.17, 15) is 18.0 Å². The third-order valence-electron chi connectivity index (χ3n) is 2.65. The predicted octanol–water partition coefficient (Wildman–Crippen LogP) is 2.72. The zero-order valence-electron chi connectivity index (χ0n) is 11.1. The molecule has 1 heterocycles. The fourth-order valence-corrected chi connectivity index (χ4v) is 1.57. The highest BCUT2D eigenvalue weighted by Gasteiger charge is 2.31. The zero-order valence-corrected chi connectivity index (χ0v) is 11.1. The molecule has 114 valence electrons. The molecule has 2 aromatic rings. The van der Waals surface area contributed by atoms with Gasteiger partial charge in [0.15, 0.2) is 0 Å². The van der Waals surface area contributed by atoms with Crippen molar-refractivity contribution < 1.29 is 22.7 Å². The molecule has 0 aliphatic heterocycles. The molecule has 1 aromatic heterocycles. The first kappa shape index (κ1) is 15.6. The SMILES string of the molecule is N=C(COC(=O)c1cccc(C(F)(F)F)c1)c1cnccn1. The lowest BCUT2D eigenvalue weighted by Crippen LogP contribution is -2.16. The van der Waals surface area contributed by atoms with E-state index >= 15 is 0 Å². The van der Waals surface area contributed by atoms with Crippen molar-refractivity contribution in [3.8, 4) is 0 Å². The van der Waals surface area contributed by atoms with Gasteiger partial charge < -0.3 is 4.74 Å². The fraction of sp³-hybridized carbons (Fsp3) is 0.143. The predicted molar refractivity (Wildman–Crippen MR) is 70.6 cm³/mol. The van der Waals surface area contributed by atoms with Gasteiger partial charge in [-0.1, -0.05) is 6.07 Å². The molecule has 0 bridgehead atoms. The van der Waals surface area contributed by atoms with E-state index in [1.807, 2.05) is 0 Å². The second-order valence-corrected chi connectivity index (χ2v) is 4.22. The minimum absolute atomic E-state index is 0.103. The van der Waals surface area contributed by atoms with Gasteiger partial charge in [-0.25, -0.2) is 4.79 Å². The summed E-state index contributed by atoms with van der Waals surface area (Å²) in [5.74, 6) is -0.945. The summed E-state index contributed by atoms with van der Waals surface area (Å²) in [6, 6.07) is 3.89. The van der Waals surface area contributed by atoms with Gasteiger partial charge in [-0.3, -0.25) is 15.4 Å². The molecular weight excluding hydrogens is 299 g/mol. The Labute approximate surface area is 123 Å². The Morgan fingerprint density at radius 2 is 2.05 bits per heavy atom. The molecule has 0 atom stereocenters. The van der Waals surface area contributed by atoms with Crippen LogP contribution in [-0.2, 0) is 10.9 Å². The average Bonchev–Trinajstić information content (AvgIpc) is 2.52. The van der Waals surface area contributed by atoms with E-state index in [0.717, 1.165) is 12.1 Å². The Bertz CT molecular complexity index is 687. The molecular formula is C14H10F3N3O2. The van der Waals surface area contributed by atoms with Crippen molar-refractivity contribution in [1.82, 2.24) is 9.97 Å². The second kappa shape index (κ2) is 6.33. The van der Waals surface area contributed by atoms with Crippen LogP contribution in [0.1, 0.15) is 21.6 Å². The van der Waals surface area contributed by atoms with Crippen LogP contribution in [0.15, 0.2) is 42.9 Å². The Morgan fingerprint density at radius 1 is 1.27 bits per heavy atom. The quantitative estimate of drug-likeness (QED) is 0.696. The van der Waals surface area contributed by atoms with E-state index in [0.29, 0.717) is 6.07 Å². The first-order chi connectivity index (χ1) is 10.4. The highest BCUT2D eigenvalue weighted by Crippen LogP contribution is 2.29. The lowest BCUT2D eigenvalue weighted by molar-refractivity contribution is -0.137. The lowest BCUT2D eigenvalue weighted by Gasteiger charge is -2.09. The average molecular weight is 309 g/mol. The van der Waals surface area contributed by atoms with Gasteiger partial charge in [0, 0.05) is 12.4 Å². The van der Waals surface area contributed by atoms with Crippen LogP contribution in [0.2, 0.25) is 0 Å². The van der Waals surface area contributed by atoms with Crippen LogP contribution in [-0.4, -0.2) is 28.3 Å². The molecule has 0 saturated carbocycles. The summed E-state index contributed by atoms with van der Waals surface area (Å²) >= 11 is 0. The van der Waals surface area contributed by atoms with E-state index in [2.05, 4.69) is 9.97 Å². The maximum absolute atomic E-state index is 12.6. The highest BCUT2D eigenvalue weighted by molar-refractivity contribution is 5.99. The molecule has 0 saturated heterocycles. The van der Waals surface area contributed by atoms with Gasteiger partial charge in [-0.2, -0.15) is 13.2 Å². The van der Waals surface area contributed by atoms with E-state index in [-0.39, 0.29) is 17.0 Å². The Morgan fingerprint density at radius 3 is 2.68 bits per heavy atom. The Kier molecular flexibility index (Phi) is 4.50. The summed E-state index contributed by atoms with van der Waals surface area (Å²) in [6.45, 7) is -0.409. The molecule has 0 aliphatic carbocycles. The molecule has 0 amide bonds. The molecule has 0 spiro atoms. The van der Waals surface area contributed by atoms with Gasteiger partial charge in [0.1, 0.15) is 12.3 Å². The minimum atomic E-state index is -4.54. The lowest BCUT2D eigenvalue weighted by atomic mass is 10.1. The molecule has 0 unspecified atom stereocenters. The molecule has 0 fully saturated rings. The maximum atomic E-state index is 12.6. The Balaban J connectivity index is 2.03. The normalized spacial score (nSPS) is 11.0. The van der Waals surface area contributed by atoms with Crippen LogP contribution in [0.25, 0.3) is 0 Å². The number of benzene rings is 1. The van der Waals surface area contributed by atoms with Crippen LogP contribution >= 0.6 is 0 Å². The number of alkyl halides is 3. The largest absolute Gasteiger partial charge is 0.456 e. The van der Waals surface area contributed by atoms with Gasteiger partial charge in [0.2, 0.25) is 0 Å². The first-order valence-electron chi connectivity index (χ1n) is 6.06. The van der Waals surface area contributed by atoms with E-state index < -0.39 is 24.3 Å². The number of nitrogens with one attached hydrogen (secondary N) is 1. The third kappa shape index (κ3) is 3.87. The first-order valence-corrected chi connectivity index (χ1v) is 6.06. The maximum Gasteiger partial charge on any atom is 0.416 e. The van der Waals surface area contributed by atoms with Crippen molar-refractivity contribution in [2.24, 2.45) is 0 Å². The van der Waals surface area contributed by atoms with Crippen LogP contribution in [0.3, 0.4) is 0 Å². The van der Waals surface area contributed by atoms with Crippen molar-refractivity contribution in [2.45, 2.75) is 6.18 Å². The van der Waals surface area contributed by atoms with Gasteiger partial charge in [0.25, 0.3) is 0 Å². The van der Waals surface area contributed by atoms with E-state index in [1.165, 1.54) is 24.7 Å². The number of carbonyl (C=O) groups excluding carboxylic acids is 1. The molecule has 5 nitrogen and oxygen atoms in total. The smallest absolute Gasteiger partial charge is 0.416 e. The summed E-state index contributed by atoms with van der Waals surface area (Å²) in [6.07, 6.45) is -0.424. The third-order valence-corrected chi connectivity index (χ3v) is 2.65. The van der Waals surface area contributed by atoms with Gasteiger partial charge in [-0.05, 0) is 18.2 Å². The number of esters is 1. The monoisotopic (exact) mass is 309 g/mol. The molecule has 0 radical (unpaired) electrons. The second-order valence-electron chi connectivity index (χ2n) is 4.22. The van der Waals surface area contributed by atoms with Crippen molar-refractivity contribution in [3.63, 3.8) is 0 Å². The number of rotatable bonds is 4. The highest BCUT2D eigenvalue weighted by atomic mass is 19.4. The molecule has 8 heteroatoms. The summed E-state index contributed by atoms with van der Waals surface area (Å²) < 4.78 is 42.5. The molecule has 2 rings (SSSR count). The topological polar surface area (TPSA) is 75.9 Å². The number of ether oxygens (including phenoxy) is 1. The van der Waals surface area contributed by atoms with Crippen LogP contribution in [0.4, 0.5) is 13.2 Å². The van der Waals surface area contributed by atoms with Crippen molar-refractivity contribution in [3.05, 3.63) is 59.7 Å². The summed E-state index contributed by atoms with van der Waals surface area (Å²) in [4.78, 5) is 19.3. The molecule has 22 heavy (non-hydrogen) atoms. The van der Waals surface area contributed by atoms with Crippen LogP contribution < -0.4 is 0 Å². The van der Waals surface area contributed by atoms with E-state index in [1.54, 1.807) is 0 Å². The summed E-state index contributed by atoms with van der Waals surface area (Å²) in [5, 5.41) is 7.67. The van der Waals surface area contributed by atoms with Gasteiger partial charge in [-0.15, -0.1) is 0 Å². The zero-order chi connectivity index (χ0) is 16.2. The molecule has 1 N–H and O–H groups in total. The standard InChI is InChI=1S/C14H10F3N3O2/c15-14(16,17)10-3-1-2-9(6-10)13(21)22-8-11(18)12-7-19-4-5-20-12/h1-7,18H,8H2. The van der Waals surface area contributed by atoms with Crippen LogP contribution in [0, 0.1) is 5.41 Å². The summed E-state index contributed by atoms with van der Waals surface area (Å²) in [7, 11) is 0. The van der Waals surface area contributed by atoms with Crippen LogP contribution in [0.5, 0.6) is 0 Å². The number of halogens is 3. The Hall–Kier alpha value is -2.77. The molecule has 1 aromatic carbocycles. The fourth-order valence-electron chi connectivity index (χ4n) is 1.57. The number of hydrogen-bond donors (Lipinski definition) is 1. The van der Waals surface area contributed by atoms with Crippen molar-refractivity contribution >= 4 is 11.7 Å². The van der Waals surface area contributed by atoms with Crippen molar-refractivity contribution in [1.29, 1.82) is 5.41 Å². The van der Waals surface area contributed by atoms with E-state index in [4.69, 9.17) is 10.1 Å². The van der Waals surface area contributed by atoms with Gasteiger partial charge >= 0.3 is 12.1 Å². The van der Waals surface area contributed by atoms with Crippen molar-refractivity contribution in [2.75, 3.05) is 6.61 Å². The number of carbonyl (C=O) groups is 1. The number of nitrogens with zero attached hydrogens (tertiary/aromatic N) is 2. The number of hydrogen-bond acceptors (Lipinski definition) is 5. The summed E-state index contributed by atoms with van der Waals surface area (Å²) in [5.41, 5.74) is -1.06. The minimum Gasteiger partial charge on any atom is -0.456 e. The van der Waals surface area contributed by atoms with Gasteiger partial charge in [0.05, 0.1) is 23.0 Å². The number of aromatic nitrogens is 2. The molecule has 0 aliphatic rings.